The molecule has 3 amide bonds. The molecule has 0 radical (unpaired) electrons. The number of amides is 3. The van der Waals surface area contributed by atoms with Crippen LogP contribution in [0.4, 0.5) is 14.5 Å². The third kappa shape index (κ3) is 9.36. The first-order valence-electron chi connectivity index (χ1n) is 15.3. The maximum Gasteiger partial charge on any atom is 0.399 e. The van der Waals surface area contributed by atoms with E-state index in [1.165, 1.54) is 21.9 Å². The summed E-state index contributed by atoms with van der Waals surface area (Å²) in [4.78, 5) is 85.6. The topological polar surface area (TPSA) is 211 Å². The average Bonchev–Trinajstić information content (AvgIpc) is 3.66. The van der Waals surface area contributed by atoms with Crippen LogP contribution in [0.5, 0.6) is 0 Å². The Labute approximate surface area is 302 Å². The molecule has 0 bridgehead atoms. The summed E-state index contributed by atoms with van der Waals surface area (Å²) in [6.45, 7) is 3.78. The molecular weight excluding hydrogens is 783 g/mol. The van der Waals surface area contributed by atoms with Gasteiger partial charge >= 0.3 is 25.2 Å². The number of benzene rings is 2. The molecule has 19 heteroatoms. The SMILES string of the molecule is CC(C)(C)C(NC(=O)c1cc2cc(C(F)(F)P(=O)(O)O)ccc2s1)C(=O)N1C[C@H](OCC(=O)O)C[C@H]1C(=O)N(CCC(=O)O)c1ccc(Br)cc1. The molecule has 14 nitrogen and oxygen atoms in total. The number of fused-ring (bicyclic) bond motifs is 1. The number of carbonyl (C=O) groups excluding carboxylic acids is 3. The number of rotatable bonds is 13. The molecule has 1 aliphatic heterocycles. The van der Waals surface area contributed by atoms with Crippen LogP contribution in [0.25, 0.3) is 10.1 Å². The van der Waals surface area contributed by atoms with Gasteiger partial charge in [0.15, 0.2) is 0 Å². The molecule has 1 saturated heterocycles. The summed E-state index contributed by atoms with van der Waals surface area (Å²) in [6, 6.07) is 8.09. The van der Waals surface area contributed by atoms with Crippen molar-refractivity contribution in [2.24, 2.45) is 5.41 Å². The molecule has 2 heterocycles. The summed E-state index contributed by atoms with van der Waals surface area (Å²) in [5.74, 6) is -4.59. The van der Waals surface area contributed by atoms with Gasteiger partial charge in [-0.1, -0.05) is 42.8 Å². The Balaban J connectivity index is 1.66. The second-order valence-electron chi connectivity index (χ2n) is 12.9. The van der Waals surface area contributed by atoms with Gasteiger partial charge in [0.1, 0.15) is 18.7 Å². The van der Waals surface area contributed by atoms with Crippen molar-refractivity contribution in [1.29, 1.82) is 0 Å². The minimum absolute atomic E-state index is 0.00417. The maximum absolute atomic E-state index is 14.4. The molecule has 1 aliphatic rings. The van der Waals surface area contributed by atoms with Crippen molar-refractivity contribution in [3.8, 4) is 0 Å². The van der Waals surface area contributed by atoms with Crippen LogP contribution in [-0.2, 0) is 34.1 Å². The molecule has 1 aromatic heterocycles. The highest BCUT2D eigenvalue weighted by atomic mass is 79.9. The van der Waals surface area contributed by atoms with Gasteiger partial charge in [-0.05, 0) is 53.3 Å². The van der Waals surface area contributed by atoms with Gasteiger partial charge in [0, 0.05) is 39.9 Å². The molecule has 3 aromatic rings. The number of thiophene rings is 1. The van der Waals surface area contributed by atoms with Gasteiger partial charge < -0.3 is 39.9 Å². The highest BCUT2D eigenvalue weighted by Crippen LogP contribution is 2.59. The van der Waals surface area contributed by atoms with E-state index < -0.39 is 85.1 Å². The number of ether oxygens (including phenoxy) is 1. The van der Waals surface area contributed by atoms with E-state index in [9.17, 15) is 47.5 Å². The number of nitrogens with zero attached hydrogens (tertiary/aromatic N) is 2. The maximum atomic E-state index is 14.4. The lowest BCUT2D eigenvalue weighted by Crippen LogP contribution is -2.58. The number of hydrogen-bond donors (Lipinski definition) is 5. The number of nitrogens with one attached hydrogen (secondary N) is 1. The van der Waals surface area contributed by atoms with Crippen LogP contribution in [0.3, 0.4) is 0 Å². The summed E-state index contributed by atoms with van der Waals surface area (Å²) in [6.07, 6.45) is -1.44. The molecule has 276 valence electrons. The second-order valence-corrected chi connectivity index (χ2v) is 16.5. The van der Waals surface area contributed by atoms with E-state index in [0.717, 1.165) is 23.5 Å². The summed E-state index contributed by atoms with van der Waals surface area (Å²) < 4.78 is 46.6. The van der Waals surface area contributed by atoms with Crippen LogP contribution in [0.2, 0.25) is 0 Å². The Hall–Kier alpha value is -3.80. The summed E-state index contributed by atoms with van der Waals surface area (Å²) >= 11 is 4.21. The van der Waals surface area contributed by atoms with Crippen LogP contribution in [0.1, 0.15) is 48.8 Å². The Kier molecular flexibility index (Phi) is 12.1. The lowest BCUT2D eigenvalue weighted by atomic mass is 9.85. The number of aliphatic carboxylic acids is 2. The molecule has 0 aliphatic carbocycles. The number of carboxylic acids is 2. The lowest BCUT2D eigenvalue weighted by Gasteiger charge is -2.36. The fraction of sp³-hybridized carbons (Fsp3) is 0.406. The normalized spacial score (nSPS) is 17.3. The van der Waals surface area contributed by atoms with Crippen molar-refractivity contribution in [3.63, 3.8) is 0 Å². The van der Waals surface area contributed by atoms with Crippen LogP contribution in [0.15, 0.2) is 53.0 Å². The van der Waals surface area contributed by atoms with Crippen LogP contribution < -0.4 is 10.2 Å². The van der Waals surface area contributed by atoms with E-state index >= 15 is 0 Å². The van der Waals surface area contributed by atoms with E-state index in [0.29, 0.717) is 14.9 Å². The number of hydrogen-bond acceptors (Lipinski definition) is 8. The quantitative estimate of drug-likeness (QED) is 0.150. The van der Waals surface area contributed by atoms with Gasteiger partial charge in [-0.15, -0.1) is 11.3 Å². The second kappa shape index (κ2) is 15.4. The van der Waals surface area contributed by atoms with Crippen molar-refractivity contribution in [2.45, 2.75) is 57.5 Å². The fourth-order valence-electron chi connectivity index (χ4n) is 5.49. The molecule has 3 atom stereocenters. The standard InChI is InChI=1S/C32H35BrF2N3O11PS/c1-31(2,3)27(36-28(43)24-13-17-12-18(4-9-23(17)51-24)32(34,35)50(46,47)48)30(45)38-15-21(49-16-26(41)42)14-22(38)29(44)37(11-10-25(39)40)20-7-5-19(33)6-8-20/h4-9,12-13,21-22,27H,10-11,14-16H2,1-3H3,(H,36,43)(H,39,40)(H,41,42)(H2,46,47,48)/t21-,22+,27?/m1/s1. The molecular formula is C32H35BrF2N3O11PS. The molecule has 51 heavy (non-hydrogen) atoms. The molecule has 2 aromatic carbocycles. The largest absolute Gasteiger partial charge is 0.481 e. The van der Waals surface area contributed by atoms with E-state index in [1.807, 2.05) is 0 Å². The van der Waals surface area contributed by atoms with E-state index in [1.54, 1.807) is 45.0 Å². The number of alkyl halides is 2. The van der Waals surface area contributed by atoms with E-state index in [2.05, 4.69) is 21.2 Å². The fourth-order valence-corrected chi connectivity index (χ4v) is 7.17. The van der Waals surface area contributed by atoms with Crippen molar-refractivity contribution in [1.82, 2.24) is 10.2 Å². The van der Waals surface area contributed by atoms with Gasteiger partial charge in [0.25, 0.3) is 5.91 Å². The van der Waals surface area contributed by atoms with Gasteiger partial charge in [-0.2, -0.15) is 8.78 Å². The third-order valence-corrected chi connectivity index (χ3v) is 10.7. The Morgan fingerprint density at radius 3 is 2.27 bits per heavy atom. The first kappa shape index (κ1) is 40.0. The third-order valence-electron chi connectivity index (χ3n) is 8.07. The Bertz CT molecular complexity index is 1880. The molecule has 0 saturated carbocycles. The van der Waals surface area contributed by atoms with Crippen molar-refractivity contribution < 1.29 is 62.1 Å². The first-order chi connectivity index (χ1) is 23.6. The predicted molar refractivity (Wildman–Crippen MR) is 185 cm³/mol. The zero-order chi connectivity index (χ0) is 38.1. The molecule has 1 fully saturated rings. The van der Waals surface area contributed by atoms with Gasteiger partial charge in [0.2, 0.25) is 11.8 Å². The van der Waals surface area contributed by atoms with Gasteiger partial charge in [-0.25, -0.2) is 4.79 Å². The number of halogens is 3. The number of carbonyl (C=O) groups is 5. The van der Waals surface area contributed by atoms with Crippen LogP contribution in [-0.4, -0.2) is 92.4 Å². The van der Waals surface area contributed by atoms with Crippen molar-refractivity contribution in [2.75, 3.05) is 24.6 Å². The first-order valence-corrected chi connectivity index (χ1v) is 18.5. The van der Waals surface area contributed by atoms with E-state index in [4.69, 9.17) is 14.5 Å². The van der Waals surface area contributed by atoms with Crippen molar-refractivity contribution >= 4 is 80.3 Å². The predicted octanol–water partition coefficient (Wildman–Crippen LogP) is 4.61. The van der Waals surface area contributed by atoms with Gasteiger partial charge in [-0.3, -0.25) is 23.7 Å². The zero-order valence-electron chi connectivity index (χ0n) is 27.4. The molecule has 5 N–H and O–H groups in total. The zero-order valence-corrected chi connectivity index (χ0v) is 30.7. The highest BCUT2D eigenvalue weighted by molar-refractivity contribution is 9.10. The van der Waals surface area contributed by atoms with Crippen LogP contribution >= 0.6 is 34.9 Å². The Morgan fingerprint density at radius 2 is 1.71 bits per heavy atom. The van der Waals surface area contributed by atoms with Crippen LogP contribution in [0, 0.1) is 5.41 Å². The number of likely N-dealkylation sites (tertiary alicyclic amines) is 1. The highest BCUT2D eigenvalue weighted by Gasteiger charge is 2.50. The minimum Gasteiger partial charge on any atom is -0.481 e. The molecule has 4 rings (SSSR count). The number of carboxylic acid groups (broad SMARTS) is 2. The summed E-state index contributed by atoms with van der Waals surface area (Å²) in [5.41, 5.74) is -6.05. The minimum atomic E-state index is -5.85. The average molecular weight is 819 g/mol. The monoisotopic (exact) mass is 817 g/mol. The summed E-state index contributed by atoms with van der Waals surface area (Å²) in [7, 11) is -5.85. The molecule has 1 unspecified atom stereocenters. The number of anilines is 1. The van der Waals surface area contributed by atoms with Gasteiger partial charge in [0.05, 0.1) is 17.4 Å². The Morgan fingerprint density at radius 1 is 1.06 bits per heavy atom. The van der Waals surface area contributed by atoms with E-state index in [-0.39, 0.29) is 29.8 Å². The smallest absolute Gasteiger partial charge is 0.399 e. The summed E-state index contributed by atoms with van der Waals surface area (Å²) in [5, 5.41) is 21.4. The van der Waals surface area contributed by atoms with Crippen molar-refractivity contribution in [3.05, 3.63) is 63.4 Å². The molecule has 0 spiro atoms. The lowest BCUT2D eigenvalue weighted by molar-refractivity contribution is -0.144.